The zero-order valence-corrected chi connectivity index (χ0v) is 17.1. The van der Waals surface area contributed by atoms with E-state index in [1.165, 1.54) is 17.3 Å². The number of ether oxygens (including phenoxy) is 2. The lowest BCUT2D eigenvalue weighted by Crippen LogP contribution is -2.22. The largest absolute Gasteiger partial charge is 0.497 e. The van der Waals surface area contributed by atoms with E-state index >= 15 is 0 Å². The van der Waals surface area contributed by atoms with Crippen LogP contribution < -0.4 is 14.8 Å². The molecule has 0 aromatic heterocycles. The second-order valence-corrected chi connectivity index (χ2v) is 8.50. The highest BCUT2D eigenvalue weighted by Crippen LogP contribution is 2.31. The third-order valence-electron chi connectivity index (χ3n) is 4.07. The van der Waals surface area contributed by atoms with Crippen molar-refractivity contribution in [2.75, 3.05) is 19.5 Å². The Morgan fingerprint density at radius 3 is 2.23 bits per heavy atom. The lowest BCUT2D eigenvalue weighted by molar-refractivity contribution is -0.115. The Bertz CT molecular complexity index is 751. The van der Waals surface area contributed by atoms with Crippen LogP contribution in [0.1, 0.15) is 33.3 Å². The number of carbonyl (C=O) groups excluding carboxylic acids is 1. The molecule has 2 aromatic rings. The summed E-state index contributed by atoms with van der Waals surface area (Å²) >= 11 is 1.53. The predicted octanol–water partition coefficient (Wildman–Crippen LogP) is 5.12. The first-order chi connectivity index (χ1) is 12.2. The first-order valence-electron chi connectivity index (χ1n) is 8.54. The van der Waals surface area contributed by atoms with E-state index in [1.807, 2.05) is 6.92 Å². The zero-order valence-electron chi connectivity index (χ0n) is 16.3. The summed E-state index contributed by atoms with van der Waals surface area (Å²) in [6, 6.07) is 13.7. The maximum Gasteiger partial charge on any atom is 0.237 e. The third-order valence-corrected chi connectivity index (χ3v) is 5.18. The van der Waals surface area contributed by atoms with Gasteiger partial charge in [0.2, 0.25) is 5.91 Å². The molecule has 2 aromatic carbocycles. The second-order valence-electron chi connectivity index (χ2n) is 7.09. The summed E-state index contributed by atoms with van der Waals surface area (Å²) in [5.74, 6) is 1.19. The van der Waals surface area contributed by atoms with Gasteiger partial charge < -0.3 is 14.8 Å². The fourth-order valence-electron chi connectivity index (χ4n) is 2.44. The number of anilines is 1. The van der Waals surface area contributed by atoms with Crippen molar-refractivity contribution in [3.8, 4) is 11.5 Å². The fraction of sp³-hybridized carbons (Fsp3) is 0.381. The monoisotopic (exact) mass is 373 g/mol. The number of hydrogen-bond acceptors (Lipinski definition) is 4. The molecule has 0 radical (unpaired) electrons. The summed E-state index contributed by atoms with van der Waals surface area (Å²) in [7, 11) is 3.17. The Morgan fingerprint density at radius 2 is 1.69 bits per heavy atom. The number of carbonyl (C=O) groups is 1. The Hall–Kier alpha value is -2.14. The van der Waals surface area contributed by atoms with Gasteiger partial charge >= 0.3 is 0 Å². The fourth-order valence-corrected chi connectivity index (χ4v) is 3.30. The summed E-state index contributed by atoms with van der Waals surface area (Å²) in [6.07, 6.45) is 0. The van der Waals surface area contributed by atoms with Crippen molar-refractivity contribution in [2.24, 2.45) is 0 Å². The van der Waals surface area contributed by atoms with Crippen LogP contribution in [0.2, 0.25) is 0 Å². The molecule has 4 nitrogen and oxygen atoms in total. The molecule has 0 aliphatic carbocycles. The van der Waals surface area contributed by atoms with Gasteiger partial charge in [0.1, 0.15) is 11.5 Å². The first kappa shape index (κ1) is 20.2. The van der Waals surface area contributed by atoms with Crippen LogP contribution in [0.3, 0.4) is 0 Å². The molecule has 1 unspecified atom stereocenters. The normalized spacial score (nSPS) is 12.4. The number of amides is 1. The van der Waals surface area contributed by atoms with Crippen molar-refractivity contribution < 1.29 is 14.3 Å². The first-order valence-corrected chi connectivity index (χ1v) is 9.42. The van der Waals surface area contributed by atoms with Crippen molar-refractivity contribution in [1.82, 2.24) is 0 Å². The lowest BCUT2D eigenvalue weighted by Gasteiger charge is -2.19. The molecule has 0 fully saturated rings. The summed E-state index contributed by atoms with van der Waals surface area (Å²) < 4.78 is 10.5. The third kappa shape index (κ3) is 5.18. The molecule has 0 heterocycles. The van der Waals surface area contributed by atoms with Crippen LogP contribution in [0.25, 0.3) is 0 Å². The maximum atomic E-state index is 12.6. The standard InChI is InChI=1S/C21H27NO3S/c1-14(26-17-10-7-15(8-11-17)21(2,3)4)20(23)22-18-13-16(24-5)9-12-19(18)25-6/h7-14H,1-6H3,(H,22,23). The van der Waals surface area contributed by atoms with Gasteiger partial charge in [-0.15, -0.1) is 11.8 Å². The Kier molecular flexibility index (Phi) is 6.59. The number of methoxy groups -OCH3 is 2. The van der Waals surface area contributed by atoms with E-state index in [-0.39, 0.29) is 16.6 Å². The van der Waals surface area contributed by atoms with E-state index in [4.69, 9.17) is 9.47 Å². The molecule has 1 atom stereocenters. The summed E-state index contributed by atoms with van der Waals surface area (Å²) in [4.78, 5) is 13.7. The molecule has 1 N–H and O–H groups in total. The molecule has 0 saturated heterocycles. The van der Waals surface area contributed by atoms with Crippen molar-refractivity contribution >= 4 is 23.4 Å². The molecule has 5 heteroatoms. The van der Waals surface area contributed by atoms with Crippen LogP contribution in [0.4, 0.5) is 5.69 Å². The molecule has 0 bridgehead atoms. The van der Waals surface area contributed by atoms with E-state index in [9.17, 15) is 4.79 Å². The maximum absolute atomic E-state index is 12.6. The van der Waals surface area contributed by atoms with E-state index in [2.05, 4.69) is 50.4 Å². The highest BCUT2D eigenvalue weighted by Gasteiger charge is 2.18. The van der Waals surface area contributed by atoms with Crippen molar-refractivity contribution in [1.29, 1.82) is 0 Å². The number of benzene rings is 2. The number of rotatable bonds is 6. The Balaban J connectivity index is 2.06. The molecule has 140 valence electrons. The van der Waals surface area contributed by atoms with Crippen LogP contribution in [-0.2, 0) is 10.2 Å². The molecule has 0 saturated carbocycles. The van der Waals surface area contributed by atoms with Crippen LogP contribution in [-0.4, -0.2) is 25.4 Å². The molecule has 0 aliphatic rings. The average molecular weight is 374 g/mol. The van der Waals surface area contributed by atoms with Crippen LogP contribution in [0, 0.1) is 0 Å². The smallest absolute Gasteiger partial charge is 0.237 e. The predicted molar refractivity (Wildman–Crippen MR) is 109 cm³/mol. The molecular weight excluding hydrogens is 346 g/mol. The van der Waals surface area contributed by atoms with E-state index in [0.717, 1.165) is 4.90 Å². The lowest BCUT2D eigenvalue weighted by atomic mass is 9.87. The van der Waals surface area contributed by atoms with E-state index in [1.54, 1.807) is 32.4 Å². The number of thioether (sulfide) groups is 1. The molecular formula is C21H27NO3S. The molecule has 2 rings (SSSR count). The van der Waals surface area contributed by atoms with Gasteiger partial charge in [-0.2, -0.15) is 0 Å². The van der Waals surface area contributed by atoms with Gasteiger partial charge in [-0.1, -0.05) is 32.9 Å². The molecule has 0 spiro atoms. The highest BCUT2D eigenvalue weighted by molar-refractivity contribution is 8.00. The van der Waals surface area contributed by atoms with Gasteiger partial charge in [-0.25, -0.2) is 0 Å². The van der Waals surface area contributed by atoms with Gasteiger partial charge in [-0.05, 0) is 42.2 Å². The zero-order chi connectivity index (χ0) is 19.3. The second kappa shape index (κ2) is 8.49. The van der Waals surface area contributed by atoms with E-state index < -0.39 is 0 Å². The SMILES string of the molecule is COc1ccc(OC)c(NC(=O)C(C)Sc2ccc(C(C)(C)C)cc2)c1. The number of nitrogens with one attached hydrogen (secondary N) is 1. The van der Waals surface area contributed by atoms with Crippen LogP contribution in [0.15, 0.2) is 47.4 Å². The minimum atomic E-state index is -0.244. The highest BCUT2D eigenvalue weighted by atomic mass is 32.2. The van der Waals surface area contributed by atoms with Crippen molar-refractivity contribution in [3.63, 3.8) is 0 Å². The summed E-state index contributed by atoms with van der Waals surface area (Å²) in [5.41, 5.74) is 2.00. The minimum Gasteiger partial charge on any atom is -0.497 e. The topological polar surface area (TPSA) is 47.6 Å². The van der Waals surface area contributed by atoms with Gasteiger partial charge in [-0.3, -0.25) is 4.79 Å². The molecule has 1 amide bonds. The molecule has 26 heavy (non-hydrogen) atoms. The average Bonchev–Trinajstić information content (AvgIpc) is 2.61. The van der Waals surface area contributed by atoms with Gasteiger partial charge in [0.05, 0.1) is 25.2 Å². The molecule has 0 aliphatic heterocycles. The number of hydrogen-bond donors (Lipinski definition) is 1. The van der Waals surface area contributed by atoms with Crippen LogP contribution >= 0.6 is 11.8 Å². The van der Waals surface area contributed by atoms with Crippen molar-refractivity contribution in [3.05, 3.63) is 48.0 Å². The quantitative estimate of drug-likeness (QED) is 0.714. The minimum absolute atomic E-state index is 0.0820. The van der Waals surface area contributed by atoms with Crippen LogP contribution in [0.5, 0.6) is 11.5 Å². The Labute approximate surface area is 160 Å². The summed E-state index contributed by atoms with van der Waals surface area (Å²) in [5, 5.41) is 2.68. The van der Waals surface area contributed by atoms with Crippen molar-refractivity contribution in [2.45, 2.75) is 43.3 Å². The van der Waals surface area contributed by atoms with E-state index in [0.29, 0.717) is 17.2 Å². The van der Waals surface area contributed by atoms with Gasteiger partial charge in [0.25, 0.3) is 0 Å². The van der Waals surface area contributed by atoms with Gasteiger partial charge in [0.15, 0.2) is 0 Å². The Morgan fingerprint density at radius 1 is 1.04 bits per heavy atom. The van der Waals surface area contributed by atoms with Gasteiger partial charge in [0, 0.05) is 11.0 Å². The summed E-state index contributed by atoms with van der Waals surface area (Å²) in [6.45, 7) is 8.45.